The zero-order chi connectivity index (χ0) is 18.8. The summed E-state index contributed by atoms with van der Waals surface area (Å²) in [6, 6.07) is 2.87. The van der Waals surface area contributed by atoms with Gasteiger partial charge >= 0.3 is 5.97 Å². The van der Waals surface area contributed by atoms with E-state index in [-0.39, 0.29) is 11.0 Å². The number of carbonyl (C=O) groups is 1. The van der Waals surface area contributed by atoms with E-state index in [1.54, 1.807) is 0 Å². The van der Waals surface area contributed by atoms with Crippen LogP contribution in [-0.4, -0.2) is 17.7 Å². The molecule has 5 fully saturated rings. The molecule has 0 aromatic heterocycles. The van der Waals surface area contributed by atoms with E-state index in [0.29, 0.717) is 24.2 Å². The first-order chi connectivity index (χ1) is 13.0. The highest BCUT2D eigenvalue weighted by Crippen LogP contribution is 2.60. The number of ether oxygens (including phenoxy) is 1. The van der Waals surface area contributed by atoms with Crippen molar-refractivity contribution in [3.8, 4) is 5.75 Å². The predicted molar refractivity (Wildman–Crippen MR) is 101 cm³/mol. The Balaban J connectivity index is 1.40. The standard InChI is InChI=1S/C23H29FO3/c1-2-16-6-17(16)18-7-19(22(25)26)20(24)8-21(18)27-12-23-9-13-3-14(10-23)5-15(4-13)11-23/h7-8,13-17H,2-6,9-12H2,1H3,(H,25,26)/t13?,14?,15?,16-,17-,23?/m1/s1. The average molecular weight is 372 g/mol. The largest absolute Gasteiger partial charge is 0.493 e. The van der Waals surface area contributed by atoms with E-state index in [2.05, 4.69) is 6.92 Å². The molecule has 0 radical (unpaired) electrons. The molecule has 4 bridgehead atoms. The zero-order valence-electron chi connectivity index (χ0n) is 16.0. The van der Waals surface area contributed by atoms with Crippen LogP contribution in [0.25, 0.3) is 0 Å². The number of aromatic carboxylic acids is 1. The number of carboxylic acids is 1. The Morgan fingerprint density at radius 1 is 1.15 bits per heavy atom. The van der Waals surface area contributed by atoms with Gasteiger partial charge in [-0.1, -0.05) is 13.3 Å². The minimum absolute atomic E-state index is 0.228. The van der Waals surface area contributed by atoms with E-state index < -0.39 is 11.8 Å². The van der Waals surface area contributed by atoms with Crippen LogP contribution in [0.3, 0.4) is 0 Å². The quantitative estimate of drug-likeness (QED) is 0.704. The lowest BCUT2D eigenvalue weighted by atomic mass is 9.50. The fraction of sp³-hybridized carbons (Fsp3) is 0.696. The van der Waals surface area contributed by atoms with Crippen molar-refractivity contribution in [1.29, 1.82) is 0 Å². The maximum Gasteiger partial charge on any atom is 0.338 e. The van der Waals surface area contributed by atoms with Gasteiger partial charge in [0.25, 0.3) is 0 Å². The SMILES string of the molecule is CC[C@@H]1C[C@H]1c1cc(C(=O)O)c(F)cc1OCC12CC3CC(CC(C3)C1)C2. The van der Waals surface area contributed by atoms with Crippen LogP contribution in [-0.2, 0) is 0 Å². The van der Waals surface area contributed by atoms with Gasteiger partial charge in [0.15, 0.2) is 0 Å². The Kier molecular flexibility index (Phi) is 4.03. The van der Waals surface area contributed by atoms with Crippen LogP contribution in [0.15, 0.2) is 12.1 Å². The molecule has 5 saturated carbocycles. The normalized spacial score (nSPS) is 38.8. The van der Waals surface area contributed by atoms with Gasteiger partial charge in [0, 0.05) is 11.5 Å². The van der Waals surface area contributed by atoms with Crippen LogP contribution in [0.1, 0.15) is 80.1 Å². The van der Waals surface area contributed by atoms with Crippen LogP contribution < -0.4 is 4.74 Å². The van der Waals surface area contributed by atoms with Crippen molar-refractivity contribution in [3.05, 3.63) is 29.1 Å². The van der Waals surface area contributed by atoms with Crippen LogP contribution in [0.2, 0.25) is 0 Å². The second kappa shape index (κ2) is 6.22. The molecule has 27 heavy (non-hydrogen) atoms. The lowest BCUT2D eigenvalue weighted by molar-refractivity contribution is -0.0747. The number of rotatable bonds is 6. The van der Waals surface area contributed by atoms with Gasteiger partial charge in [0.05, 0.1) is 12.2 Å². The summed E-state index contributed by atoms with van der Waals surface area (Å²) in [6.07, 6.45) is 10.1. The van der Waals surface area contributed by atoms with Crippen molar-refractivity contribution >= 4 is 5.97 Å². The van der Waals surface area contributed by atoms with Gasteiger partial charge in [-0.3, -0.25) is 0 Å². The molecule has 0 unspecified atom stereocenters. The summed E-state index contributed by atoms with van der Waals surface area (Å²) in [5.74, 6) is 2.18. The van der Waals surface area contributed by atoms with Crippen molar-refractivity contribution < 1.29 is 19.0 Å². The van der Waals surface area contributed by atoms with Crippen LogP contribution >= 0.6 is 0 Å². The van der Waals surface area contributed by atoms with Crippen molar-refractivity contribution in [2.45, 2.75) is 64.2 Å². The van der Waals surface area contributed by atoms with Gasteiger partial charge in [-0.2, -0.15) is 0 Å². The molecular weight excluding hydrogens is 343 g/mol. The third-order valence-corrected chi connectivity index (χ3v) is 7.88. The molecule has 1 N–H and O–H groups in total. The lowest BCUT2D eigenvalue weighted by Gasteiger charge is -2.56. The molecule has 0 aliphatic heterocycles. The molecular formula is C23H29FO3. The smallest absolute Gasteiger partial charge is 0.338 e. The van der Waals surface area contributed by atoms with E-state index in [1.165, 1.54) is 50.7 Å². The molecule has 4 heteroatoms. The Labute approximate surface area is 160 Å². The summed E-state index contributed by atoms with van der Waals surface area (Å²) in [5, 5.41) is 9.31. The highest BCUT2D eigenvalue weighted by molar-refractivity contribution is 5.88. The first kappa shape index (κ1) is 17.5. The molecule has 5 aliphatic carbocycles. The van der Waals surface area contributed by atoms with E-state index in [1.807, 2.05) is 0 Å². The third-order valence-electron chi connectivity index (χ3n) is 7.88. The molecule has 0 heterocycles. The summed E-state index contributed by atoms with van der Waals surface area (Å²) >= 11 is 0. The highest BCUT2D eigenvalue weighted by atomic mass is 19.1. The third kappa shape index (κ3) is 3.05. The Hall–Kier alpha value is -1.58. The van der Waals surface area contributed by atoms with Gasteiger partial charge in [-0.25, -0.2) is 9.18 Å². The van der Waals surface area contributed by atoms with Crippen LogP contribution in [0, 0.1) is 34.9 Å². The number of hydrogen-bond donors (Lipinski definition) is 1. The second-order valence-corrected chi connectivity index (χ2v) is 9.89. The number of carboxylic acid groups (broad SMARTS) is 1. The van der Waals surface area contributed by atoms with Gasteiger partial charge in [-0.05, 0) is 86.2 Å². The molecule has 5 aliphatic rings. The van der Waals surface area contributed by atoms with Gasteiger partial charge in [0.1, 0.15) is 11.6 Å². The number of benzene rings is 1. The molecule has 0 saturated heterocycles. The first-order valence-electron chi connectivity index (χ1n) is 10.7. The number of halogens is 1. The summed E-state index contributed by atoms with van der Waals surface area (Å²) in [5.41, 5.74) is 0.945. The molecule has 146 valence electrons. The lowest BCUT2D eigenvalue weighted by Crippen LogP contribution is -2.48. The summed E-state index contributed by atoms with van der Waals surface area (Å²) in [7, 11) is 0. The van der Waals surface area contributed by atoms with Gasteiger partial charge in [0.2, 0.25) is 0 Å². The first-order valence-corrected chi connectivity index (χ1v) is 10.7. The monoisotopic (exact) mass is 372 g/mol. The van der Waals surface area contributed by atoms with Crippen molar-refractivity contribution in [2.24, 2.45) is 29.1 Å². The minimum Gasteiger partial charge on any atom is -0.493 e. The van der Waals surface area contributed by atoms with Crippen molar-refractivity contribution in [1.82, 2.24) is 0 Å². The topological polar surface area (TPSA) is 46.5 Å². The minimum atomic E-state index is -1.20. The second-order valence-electron chi connectivity index (χ2n) is 9.89. The summed E-state index contributed by atoms with van der Waals surface area (Å²) in [4.78, 5) is 11.4. The molecule has 0 amide bonds. The maximum absolute atomic E-state index is 14.4. The Bertz CT molecular complexity index is 736. The highest BCUT2D eigenvalue weighted by Gasteiger charge is 2.51. The molecule has 2 atom stereocenters. The Morgan fingerprint density at radius 2 is 1.78 bits per heavy atom. The zero-order valence-corrected chi connectivity index (χ0v) is 16.0. The summed E-state index contributed by atoms with van der Waals surface area (Å²) in [6.45, 7) is 2.82. The Morgan fingerprint density at radius 3 is 2.30 bits per heavy atom. The van der Waals surface area contributed by atoms with Gasteiger partial charge in [-0.15, -0.1) is 0 Å². The maximum atomic E-state index is 14.4. The van der Waals surface area contributed by atoms with Crippen molar-refractivity contribution in [3.63, 3.8) is 0 Å². The van der Waals surface area contributed by atoms with E-state index >= 15 is 0 Å². The average Bonchev–Trinajstić information content (AvgIpc) is 3.38. The van der Waals surface area contributed by atoms with E-state index in [9.17, 15) is 14.3 Å². The van der Waals surface area contributed by atoms with Gasteiger partial charge < -0.3 is 9.84 Å². The van der Waals surface area contributed by atoms with E-state index in [0.717, 1.165) is 36.2 Å². The molecule has 1 aromatic rings. The molecule has 1 aromatic carbocycles. The fourth-order valence-corrected chi connectivity index (χ4v) is 6.93. The fourth-order valence-electron chi connectivity index (χ4n) is 6.93. The molecule has 0 spiro atoms. The number of hydrogen-bond acceptors (Lipinski definition) is 2. The molecule has 6 rings (SSSR count). The summed E-state index contributed by atoms with van der Waals surface area (Å²) < 4.78 is 20.7. The van der Waals surface area contributed by atoms with Crippen molar-refractivity contribution in [2.75, 3.05) is 6.61 Å². The van der Waals surface area contributed by atoms with Crippen LogP contribution in [0.4, 0.5) is 4.39 Å². The predicted octanol–water partition coefficient (Wildman–Crippen LogP) is 5.63. The van der Waals surface area contributed by atoms with E-state index in [4.69, 9.17) is 4.74 Å². The molecule has 3 nitrogen and oxygen atoms in total. The van der Waals surface area contributed by atoms with Crippen LogP contribution in [0.5, 0.6) is 5.75 Å².